The first kappa shape index (κ1) is 15.4. The molecule has 0 saturated carbocycles. The zero-order valence-electron chi connectivity index (χ0n) is 11.7. The predicted molar refractivity (Wildman–Crippen MR) is 73.7 cm³/mol. The van der Waals surface area contributed by atoms with Gasteiger partial charge in [-0.3, -0.25) is 14.9 Å². The van der Waals surface area contributed by atoms with Crippen molar-refractivity contribution in [2.24, 2.45) is 0 Å². The second-order valence-electron chi connectivity index (χ2n) is 4.91. The summed E-state index contributed by atoms with van der Waals surface area (Å²) in [6, 6.07) is 2.44. The number of benzene rings is 1. The van der Waals surface area contributed by atoms with Gasteiger partial charge in [0.2, 0.25) is 11.8 Å². The standard InChI is InChI=1S/C14H17F2N3O2/c1-2-3-17-6-9-4-10(15)14(11(16)5-9)19-7-12(20)18-13(21)8-19/h4-5,17H,2-3,6-8H2,1H3,(H,18,20,21). The Hall–Kier alpha value is -2.02. The highest BCUT2D eigenvalue weighted by atomic mass is 19.1. The van der Waals surface area contributed by atoms with Gasteiger partial charge in [-0.2, -0.15) is 0 Å². The van der Waals surface area contributed by atoms with E-state index >= 15 is 0 Å². The van der Waals surface area contributed by atoms with E-state index in [9.17, 15) is 18.4 Å². The third-order valence-electron chi connectivity index (χ3n) is 3.10. The van der Waals surface area contributed by atoms with Crippen LogP contribution in [-0.2, 0) is 16.1 Å². The number of carbonyl (C=O) groups is 2. The molecule has 21 heavy (non-hydrogen) atoms. The van der Waals surface area contributed by atoms with E-state index in [-0.39, 0.29) is 18.8 Å². The van der Waals surface area contributed by atoms with Gasteiger partial charge in [-0.25, -0.2) is 8.78 Å². The molecular formula is C14H17F2N3O2. The number of hydrogen-bond donors (Lipinski definition) is 2. The van der Waals surface area contributed by atoms with Gasteiger partial charge in [0.15, 0.2) is 0 Å². The van der Waals surface area contributed by atoms with Gasteiger partial charge in [-0.05, 0) is 30.7 Å². The van der Waals surface area contributed by atoms with Crippen molar-refractivity contribution in [2.45, 2.75) is 19.9 Å². The molecule has 1 fully saturated rings. The van der Waals surface area contributed by atoms with Crippen molar-refractivity contribution in [3.05, 3.63) is 29.3 Å². The Morgan fingerprint density at radius 2 is 1.76 bits per heavy atom. The zero-order chi connectivity index (χ0) is 15.4. The molecule has 1 aromatic carbocycles. The number of hydrogen-bond acceptors (Lipinski definition) is 4. The van der Waals surface area contributed by atoms with E-state index < -0.39 is 23.4 Å². The van der Waals surface area contributed by atoms with Crippen LogP contribution in [0.3, 0.4) is 0 Å². The lowest BCUT2D eigenvalue weighted by Gasteiger charge is -2.28. The summed E-state index contributed by atoms with van der Waals surface area (Å²) in [5, 5.41) is 5.14. The van der Waals surface area contributed by atoms with Crippen molar-refractivity contribution in [1.82, 2.24) is 10.6 Å². The van der Waals surface area contributed by atoms with Crippen LogP contribution in [-0.4, -0.2) is 31.4 Å². The average molecular weight is 297 g/mol. The number of amides is 2. The van der Waals surface area contributed by atoms with Crippen molar-refractivity contribution in [1.29, 1.82) is 0 Å². The zero-order valence-corrected chi connectivity index (χ0v) is 11.7. The van der Waals surface area contributed by atoms with Gasteiger partial charge in [0, 0.05) is 6.54 Å². The maximum absolute atomic E-state index is 14.1. The summed E-state index contributed by atoms with van der Waals surface area (Å²) < 4.78 is 28.2. The van der Waals surface area contributed by atoms with Crippen LogP contribution in [0.2, 0.25) is 0 Å². The molecule has 0 unspecified atom stereocenters. The Labute approximate surface area is 121 Å². The first-order valence-electron chi connectivity index (χ1n) is 6.77. The molecule has 0 aliphatic carbocycles. The van der Waals surface area contributed by atoms with E-state index in [1.165, 1.54) is 12.1 Å². The Balaban J connectivity index is 2.20. The fourth-order valence-corrected chi connectivity index (χ4v) is 2.23. The normalized spacial score (nSPS) is 15.3. The van der Waals surface area contributed by atoms with Crippen molar-refractivity contribution < 1.29 is 18.4 Å². The molecule has 1 aromatic rings. The van der Waals surface area contributed by atoms with Crippen LogP contribution in [0.5, 0.6) is 0 Å². The second-order valence-corrected chi connectivity index (χ2v) is 4.91. The largest absolute Gasteiger partial charge is 0.348 e. The lowest BCUT2D eigenvalue weighted by atomic mass is 10.1. The van der Waals surface area contributed by atoms with Gasteiger partial charge in [-0.1, -0.05) is 6.92 Å². The second kappa shape index (κ2) is 6.62. The van der Waals surface area contributed by atoms with Gasteiger partial charge < -0.3 is 10.2 Å². The van der Waals surface area contributed by atoms with Gasteiger partial charge in [0.05, 0.1) is 13.1 Å². The summed E-state index contributed by atoms with van der Waals surface area (Å²) in [6.07, 6.45) is 0.925. The molecule has 2 N–H and O–H groups in total. The molecule has 1 saturated heterocycles. The first-order chi connectivity index (χ1) is 10.0. The lowest BCUT2D eigenvalue weighted by molar-refractivity contribution is -0.130. The third kappa shape index (κ3) is 3.75. The Morgan fingerprint density at radius 3 is 2.29 bits per heavy atom. The number of imide groups is 1. The summed E-state index contributed by atoms with van der Waals surface area (Å²) in [7, 11) is 0. The first-order valence-corrected chi connectivity index (χ1v) is 6.77. The molecule has 0 atom stereocenters. The van der Waals surface area contributed by atoms with E-state index in [1.807, 2.05) is 6.92 Å². The maximum atomic E-state index is 14.1. The molecule has 1 heterocycles. The topological polar surface area (TPSA) is 61.4 Å². The number of anilines is 1. The minimum Gasteiger partial charge on any atom is -0.348 e. The third-order valence-corrected chi connectivity index (χ3v) is 3.10. The molecule has 0 radical (unpaired) electrons. The SMILES string of the molecule is CCCNCc1cc(F)c(N2CC(=O)NC(=O)C2)c(F)c1. The Bertz CT molecular complexity index is 524. The van der Waals surface area contributed by atoms with E-state index in [2.05, 4.69) is 10.6 Å². The van der Waals surface area contributed by atoms with Gasteiger partial charge in [-0.15, -0.1) is 0 Å². The van der Waals surface area contributed by atoms with Crippen molar-refractivity contribution in [3.63, 3.8) is 0 Å². The molecule has 2 amide bonds. The lowest BCUT2D eigenvalue weighted by Crippen LogP contribution is -2.52. The van der Waals surface area contributed by atoms with Crippen LogP contribution in [0.1, 0.15) is 18.9 Å². The molecular weight excluding hydrogens is 280 g/mol. The molecule has 114 valence electrons. The number of rotatable bonds is 5. The van der Waals surface area contributed by atoms with E-state index in [0.29, 0.717) is 12.1 Å². The van der Waals surface area contributed by atoms with E-state index in [0.717, 1.165) is 17.9 Å². The Kier molecular flexibility index (Phi) is 4.85. The molecule has 1 aliphatic heterocycles. The number of carbonyl (C=O) groups excluding carboxylic acids is 2. The molecule has 7 heteroatoms. The summed E-state index contributed by atoms with van der Waals surface area (Å²) >= 11 is 0. The number of nitrogens with one attached hydrogen (secondary N) is 2. The van der Waals surface area contributed by atoms with E-state index in [1.54, 1.807) is 0 Å². The van der Waals surface area contributed by atoms with Crippen LogP contribution >= 0.6 is 0 Å². The van der Waals surface area contributed by atoms with Crippen LogP contribution in [0.4, 0.5) is 14.5 Å². The molecule has 1 aliphatic rings. The smallest absolute Gasteiger partial charge is 0.246 e. The summed E-state index contributed by atoms with van der Waals surface area (Å²) in [6.45, 7) is 2.63. The maximum Gasteiger partial charge on any atom is 0.246 e. The van der Waals surface area contributed by atoms with Crippen LogP contribution < -0.4 is 15.5 Å². The number of halogens is 2. The van der Waals surface area contributed by atoms with Gasteiger partial charge in [0.1, 0.15) is 17.3 Å². The van der Waals surface area contributed by atoms with Crippen molar-refractivity contribution in [3.8, 4) is 0 Å². The summed E-state index contributed by atoms with van der Waals surface area (Å²) in [4.78, 5) is 23.7. The predicted octanol–water partition coefficient (Wildman–Crippen LogP) is 0.927. The highest BCUT2D eigenvalue weighted by molar-refractivity contribution is 6.02. The highest BCUT2D eigenvalue weighted by Gasteiger charge is 2.27. The molecule has 0 aromatic heterocycles. The average Bonchev–Trinajstić information content (AvgIpc) is 2.37. The van der Waals surface area contributed by atoms with Gasteiger partial charge >= 0.3 is 0 Å². The van der Waals surface area contributed by atoms with Gasteiger partial charge in [0.25, 0.3) is 0 Å². The summed E-state index contributed by atoms with van der Waals surface area (Å²) in [5.41, 5.74) is 0.146. The van der Waals surface area contributed by atoms with Crippen molar-refractivity contribution in [2.75, 3.05) is 24.5 Å². The quantitative estimate of drug-likeness (QED) is 0.627. The van der Waals surface area contributed by atoms with Crippen LogP contribution in [0.25, 0.3) is 0 Å². The fourth-order valence-electron chi connectivity index (χ4n) is 2.23. The fraction of sp³-hybridized carbons (Fsp3) is 0.429. The molecule has 0 spiro atoms. The monoisotopic (exact) mass is 297 g/mol. The highest BCUT2D eigenvalue weighted by Crippen LogP contribution is 2.25. The van der Waals surface area contributed by atoms with E-state index in [4.69, 9.17) is 0 Å². The van der Waals surface area contributed by atoms with Crippen LogP contribution in [0, 0.1) is 11.6 Å². The molecule has 0 bridgehead atoms. The number of piperazine rings is 1. The molecule has 5 nitrogen and oxygen atoms in total. The summed E-state index contributed by atoms with van der Waals surface area (Å²) in [5.74, 6) is -2.69. The minimum absolute atomic E-state index is 0.243. The minimum atomic E-state index is -0.772. The Morgan fingerprint density at radius 1 is 1.19 bits per heavy atom. The van der Waals surface area contributed by atoms with Crippen LogP contribution in [0.15, 0.2) is 12.1 Å². The number of nitrogens with zero attached hydrogens (tertiary/aromatic N) is 1. The molecule has 2 rings (SSSR count). The van der Waals surface area contributed by atoms with Crippen molar-refractivity contribution >= 4 is 17.5 Å².